The largest absolute Gasteiger partial charge is 0.334 e. The summed E-state index contributed by atoms with van der Waals surface area (Å²) in [6.07, 6.45) is 2.61. The Balaban J connectivity index is 1.21. The highest BCUT2D eigenvalue weighted by molar-refractivity contribution is 7.90. The Morgan fingerprint density at radius 1 is 0.794 bits per heavy atom. The Bertz CT molecular complexity index is 1320. The van der Waals surface area contributed by atoms with E-state index in [1.807, 2.05) is 42.5 Å². The molecule has 2 aromatic carbocycles. The third kappa shape index (κ3) is 4.96. The lowest BCUT2D eigenvalue weighted by atomic mass is 10.2. The molecular weight excluding hydrogens is 450 g/mol. The second kappa shape index (κ2) is 9.92. The zero-order chi connectivity index (χ0) is 23.4. The fourth-order valence-corrected chi connectivity index (χ4v) is 5.64. The summed E-state index contributed by atoms with van der Waals surface area (Å²) in [7, 11) is -3.61. The summed E-state index contributed by atoms with van der Waals surface area (Å²) in [6, 6.07) is 22.0. The van der Waals surface area contributed by atoms with E-state index in [1.165, 1.54) is 3.97 Å². The van der Waals surface area contributed by atoms with Crippen molar-refractivity contribution in [2.75, 3.05) is 26.2 Å². The number of benzene rings is 2. The normalized spacial score (nSPS) is 15.9. The van der Waals surface area contributed by atoms with Crippen molar-refractivity contribution < 1.29 is 12.9 Å². The van der Waals surface area contributed by atoms with Crippen LogP contribution in [0.4, 0.5) is 0 Å². The van der Waals surface area contributed by atoms with Crippen LogP contribution in [0, 0.1) is 0 Å². The van der Waals surface area contributed by atoms with Gasteiger partial charge in [0.05, 0.1) is 11.4 Å². The molecule has 0 aliphatic carbocycles. The van der Waals surface area contributed by atoms with E-state index in [4.69, 9.17) is 4.52 Å². The third-order valence-electron chi connectivity index (χ3n) is 6.01. The lowest BCUT2D eigenvalue weighted by Crippen LogP contribution is -2.31. The first-order valence-electron chi connectivity index (χ1n) is 11.4. The van der Waals surface area contributed by atoms with E-state index < -0.39 is 10.0 Å². The first-order valence-corrected chi connectivity index (χ1v) is 12.8. The number of rotatable bonds is 7. The van der Waals surface area contributed by atoms with Crippen molar-refractivity contribution in [3.63, 3.8) is 0 Å². The van der Waals surface area contributed by atoms with Crippen molar-refractivity contribution in [3.8, 4) is 11.5 Å². The van der Waals surface area contributed by atoms with Gasteiger partial charge in [0.2, 0.25) is 0 Å². The van der Waals surface area contributed by atoms with Gasteiger partial charge in [-0.1, -0.05) is 41.6 Å². The van der Waals surface area contributed by atoms with Gasteiger partial charge < -0.3 is 4.52 Å². The molecule has 0 amide bonds. The molecule has 9 heteroatoms. The van der Waals surface area contributed by atoms with E-state index >= 15 is 0 Å². The number of hydrogen-bond donors (Lipinski definition) is 0. The van der Waals surface area contributed by atoms with Gasteiger partial charge in [-0.25, -0.2) is 12.4 Å². The highest BCUT2D eigenvalue weighted by atomic mass is 32.2. The predicted octanol–water partition coefficient (Wildman–Crippen LogP) is 3.48. The quantitative estimate of drug-likeness (QED) is 0.403. The Labute approximate surface area is 199 Å². The van der Waals surface area contributed by atoms with Crippen LogP contribution in [0.1, 0.15) is 17.9 Å². The summed E-state index contributed by atoms with van der Waals surface area (Å²) in [5.41, 5.74) is 1.68. The monoisotopic (exact) mass is 477 g/mol. The molecule has 0 spiro atoms. The van der Waals surface area contributed by atoms with Gasteiger partial charge >= 0.3 is 0 Å². The number of nitrogens with zero attached hydrogens (tertiary/aromatic N) is 5. The number of hydrogen-bond acceptors (Lipinski definition) is 7. The minimum absolute atomic E-state index is 0.296. The molecule has 8 nitrogen and oxygen atoms in total. The Kier molecular flexibility index (Phi) is 6.57. The second-order valence-electron chi connectivity index (χ2n) is 8.40. The van der Waals surface area contributed by atoms with Crippen molar-refractivity contribution >= 4 is 10.0 Å². The van der Waals surface area contributed by atoms with Gasteiger partial charge in [0, 0.05) is 37.1 Å². The molecule has 1 saturated heterocycles. The average molecular weight is 478 g/mol. The molecule has 1 fully saturated rings. The van der Waals surface area contributed by atoms with Gasteiger partial charge in [-0.3, -0.25) is 9.80 Å². The highest BCUT2D eigenvalue weighted by Crippen LogP contribution is 2.20. The average Bonchev–Trinajstić information content (AvgIpc) is 3.48. The zero-order valence-corrected chi connectivity index (χ0v) is 19.6. The minimum atomic E-state index is -3.61. The van der Waals surface area contributed by atoms with Crippen LogP contribution < -0.4 is 0 Å². The Hall–Kier alpha value is -3.27. The third-order valence-corrected chi connectivity index (χ3v) is 7.76. The van der Waals surface area contributed by atoms with E-state index in [9.17, 15) is 8.42 Å². The summed E-state index contributed by atoms with van der Waals surface area (Å²) < 4.78 is 33.0. The summed E-state index contributed by atoms with van der Waals surface area (Å²) in [6.45, 7) is 4.71. The van der Waals surface area contributed by atoms with Gasteiger partial charge in [0.1, 0.15) is 0 Å². The summed E-state index contributed by atoms with van der Waals surface area (Å²) in [5, 5.41) is 4.15. The molecule has 0 bridgehead atoms. The molecule has 5 rings (SSSR count). The fraction of sp³-hybridized carbons (Fsp3) is 0.280. The molecule has 34 heavy (non-hydrogen) atoms. The lowest BCUT2D eigenvalue weighted by Gasteiger charge is -2.21. The summed E-state index contributed by atoms with van der Waals surface area (Å²) in [4.78, 5) is 9.47. The van der Waals surface area contributed by atoms with Crippen molar-refractivity contribution in [2.45, 2.75) is 24.4 Å². The molecule has 1 aliphatic heterocycles. The van der Waals surface area contributed by atoms with Crippen LogP contribution >= 0.6 is 0 Å². The standard InChI is InChI=1S/C25H27N5O3S/c31-34(32,23-12-5-2-6-13-23)30-16-7-11-22(30)19-28-14-8-15-29(18-17-28)20-24-26-25(33-27-24)21-9-3-1-4-10-21/h1-7,9-13,16H,8,14-15,17-20H2. The zero-order valence-electron chi connectivity index (χ0n) is 18.8. The van der Waals surface area contributed by atoms with Crippen molar-refractivity contribution in [1.82, 2.24) is 23.9 Å². The van der Waals surface area contributed by atoms with Gasteiger partial charge in [-0.15, -0.1) is 0 Å². The van der Waals surface area contributed by atoms with Crippen LogP contribution in [-0.4, -0.2) is 58.5 Å². The molecule has 0 unspecified atom stereocenters. The second-order valence-corrected chi connectivity index (χ2v) is 10.2. The van der Waals surface area contributed by atoms with E-state index in [1.54, 1.807) is 36.5 Å². The van der Waals surface area contributed by atoms with Gasteiger partial charge in [-0.05, 0) is 55.9 Å². The smallest absolute Gasteiger partial charge is 0.267 e. The molecule has 3 heterocycles. The predicted molar refractivity (Wildman–Crippen MR) is 128 cm³/mol. The minimum Gasteiger partial charge on any atom is -0.334 e. The van der Waals surface area contributed by atoms with E-state index in [2.05, 4.69) is 19.9 Å². The molecular formula is C25H27N5O3S. The maximum Gasteiger partial charge on any atom is 0.267 e. The van der Waals surface area contributed by atoms with Gasteiger partial charge in [0.15, 0.2) is 5.82 Å². The highest BCUT2D eigenvalue weighted by Gasteiger charge is 2.22. The van der Waals surface area contributed by atoms with Crippen molar-refractivity contribution in [3.05, 3.63) is 90.5 Å². The molecule has 176 valence electrons. The van der Waals surface area contributed by atoms with Crippen LogP contribution in [0.25, 0.3) is 11.5 Å². The van der Waals surface area contributed by atoms with Crippen LogP contribution in [0.3, 0.4) is 0 Å². The molecule has 4 aromatic rings. The molecule has 2 aromatic heterocycles. The topological polar surface area (TPSA) is 84.5 Å². The summed E-state index contributed by atoms with van der Waals surface area (Å²) in [5.74, 6) is 1.21. The summed E-state index contributed by atoms with van der Waals surface area (Å²) >= 11 is 0. The van der Waals surface area contributed by atoms with E-state index in [-0.39, 0.29) is 0 Å². The van der Waals surface area contributed by atoms with Gasteiger partial charge in [-0.2, -0.15) is 4.98 Å². The van der Waals surface area contributed by atoms with Crippen molar-refractivity contribution in [1.29, 1.82) is 0 Å². The Morgan fingerprint density at radius 2 is 1.47 bits per heavy atom. The van der Waals surface area contributed by atoms with Crippen LogP contribution in [-0.2, 0) is 23.1 Å². The van der Waals surface area contributed by atoms with Crippen LogP contribution in [0.2, 0.25) is 0 Å². The molecule has 0 radical (unpaired) electrons. The molecule has 1 aliphatic rings. The lowest BCUT2D eigenvalue weighted by molar-refractivity contribution is 0.240. The maximum absolute atomic E-state index is 13.1. The van der Waals surface area contributed by atoms with Gasteiger partial charge in [0.25, 0.3) is 15.9 Å². The van der Waals surface area contributed by atoms with E-state index in [0.717, 1.165) is 43.9 Å². The van der Waals surface area contributed by atoms with Crippen LogP contribution in [0.5, 0.6) is 0 Å². The van der Waals surface area contributed by atoms with Crippen molar-refractivity contribution in [2.24, 2.45) is 0 Å². The van der Waals surface area contributed by atoms with E-state index in [0.29, 0.717) is 29.7 Å². The maximum atomic E-state index is 13.1. The first-order chi connectivity index (χ1) is 16.6. The fourth-order valence-electron chi connectivity index (χ4n) is 4.25. The first kappa shape index (κ1) is 22.5. The Morgan fingerprint density at radius 3 is 2.21 bits per heavy atom. The number of aromatic nitrogens is 3. The molecule has 0 saturated carbocycles. The molecule has 0 atom stereocenters. The molecule has 0 N–H and O–H groups in total. The SMILES string of the molecule is O=S(=O)(c1ccccc1)n1cccc1CN1CCCN(Cc2noc(-c3ccccc3)n2)CC1. The van der Waals surface area contributed by atoms with Crippen LogP contribution in [0.15, 0.2) is 88.4 Å².